The molecule has 0 aliphatic rings. The minimum Gasteiger partial charge on any atom is -0.475 e. The lowest BCUT2D eigenvalue weighted by atomic mass is 9.81. The van der Waals surface area contributed by atoms with E-state index in [1.165, 1.54) is 12.3 Å². The Bertz CT molecular complexity index is 335. The van der Waals surface area contributed by atoms with E-state index >= 15 is 0 Å². The Labute approximate surface area is 94.0 Å². The predicted molar refractivity (Wildman–Crippen MR) is 59.5 cm³/mol. The lowest BCUT2D eigenvalue weighted by Crippen LogP contribution is -2.33. The summed E-state index contributed by atoms with van der Waals surface area (Å²) in [5, 5.41) is 18.5. The highest BCUT2D eigenvalue weighted by Gasteiger charge is 2.20. The summed E-state index contributed by atoms with van der Waals surface area (Å²) in [5.74, 6) is 0.212. The topological polar surface area (TPSA) is 62.6 Å². The molecule has 1 atom stereocenters. The third-order valence-electron chi connectivity index (χ3n) is 2.01. The van der Waals surface area contributed by atoms with Crippen LogP contribution in [0.5, 0.6) is 5.88 Å². The van der Waals surface area contributed by atoms with Crippen LogP contribution >= 0.6 is 11.6 Å². The molecule has 0 saturated heterocycles. The van der Waals surface area contributed by atoms with Gasteiger partial charge in [0, 0.05) is 11.7 Å². The van der Waals surface area contributed by atoms with Gasteiger partial charge < -0.3 is 14.8 Å². The van der Waals surface area contributed by atoms with Gasteiger partial charge in [-0.25, -0.2) is 4.98 Å². The summed E-state index contributed by atoms with van der Waals surface area (Å²) in [6.45, 7) is 3.85. The maximum absolute atomic E-state index is 9.09. The number of rotatable bonds is 4. The van der Waals surface area contributed by atoms with E-state index < -0.39 is 7.12 Å². The molecule has 4 nitrogen and oxygen atoms in total. The number of aromatic nitrogens is 1. The summed E-state index contributed by atoms with van der Waals surface area (Å²) in [6.07, 6.45) is 2.19. The van der Waals surface area contributed by atoms with Gasteiger partial charge >= 0.3 is 7.12 Å². The molecule has 6 heteroatoms. The van der Waals surface area contributed by atoms with Crippen LogP contribution in [0.2, 0.25) is 5.02 Å². The Morgan fingerprint density at radius 3 is 2.80 bits per heavy atom. The number of hydrogen-bond donors (Lipinski definition) is 2. The number of ether oxygens (including phenoxy) is 1. The van der Waals surface area contributed by atoms with Gasteiger partial charge in [0.05, 0.1) is 11.1 Å². The third kappa shape index (κ3) is 3.37. The molecular weight excluding hydrogens is 216 g/mol. The van der Waals surface area contributed by atoms with Gasteiger partial charge in [-0.2, -0.15) is 0 Å². The van der Waals surface area contributed by atoms with Crippen LogP contribution in [0.1, 0.15) is 20.3 Å². The highest BCUT2D eigenvalue weighted by Crippen LogP contribution is 2.12. The third-order valence-corrected chi connectivity index (χ3v) is 2.22. The summed E-state index contributed by atoms with van der Waals surface area (Å²) < 4.78 is 5.42. The minimum atomic E-state index is -1.63. The van der Waals surface area contributed by atoms with Crippen molar-refractivity contribution in [2.75, 3.05) is 0 Å². The minimum absolute atomic E-state index is 0.0313. The van der Waals surface area contributed by atoms with Crippen molar-refractivity contribution in [3.8, 4) is 5.88 Å². The highest BCUT2D eigenvalue weighted by atomic mass is 35.5. The molecule has 0 saturated carbocycles. The van der Waals surface area contributed by atoms with Crippen LogP contribution in [0.15, 0.2) is 12.3 Å². The molecule has 82 valence electrons. The Kier molecular flexibility index (Phi) is 4.38. The molecule has 1 aromatic heterocycles. The molecule has 1 unspecified atom stereocenters. The van der Waals surface area contributed by atoms with Crippen LogP contribution in [-0.4, -0.2) is 28.3 Å². The standard InChI is InChI=1S/C9H13BClNO3/c1-3-6(2)15-9-8(10(13)14)4-7(11)5-12-9/h4-6,13-14H,3H2,1-2H3. The predicted octanol–water partition coefficient (Wildman–Crippen LogP) is 0.592. The Morgan fingerprint density at radius 2 is 2.27 bits per heavy atom. The van der Waals surface area contributed by atoms with Crippen LogP contribution in [0.3, 0.4) is 0 Å². The van der Waals surface area contributed by atoms with Gasteiger partial charge in [0.25, 0.3) is 0 Å². The van der Waals surface area contributed by atoms with E-state index in [9.17, 15) is 0 Å². The SMILES string of the molecule is CCC(C)Oc1ncc(Cl)cc1B(O)O. The van der Waals surface area contributed by atoms with Crippen molar-refractivity contribution in [1.82, 2.24) is 4.98 Å². The van der Waals surface area contributed by atoms with Crippen molar-refractivity contribution in [2.45, 2.75) is 26.4 Å². The zero-order valence-corrected chi connectivity index (χ0v) is 9.40. The molecule has 1 heterocycles. The summed E-state index contributed by atoms with van der Waals surface area (Å²) in [7, 11) is -1.63. The van der Waals surface area contributed by atoms with Gasteiger partial charge in [0.1, 0.15) is 0 Å². The Hall–Kier alpha value is -0.775. The zero-order valence-electron chi connectivity index (χ0n) is 8.64. The lowest BCUT2D eigenvalue weighted by Gasteiger charge is -2.14. The van der Waals surface area contributed by atoms with E-state index in [4.69, 9.17) is 26.4 Å². The van der Waals surface area contributed by atoms with Crippen molar-refractivity contribution < 1.29 is 14.8 Å². The van der Waals surface area contributed by atoms with Crippen molar-refractivity contribution >= 4 is 24.2 Å². The fraction of sp³-hybridized carbons (Fsp3) is 0.444. The second-order valence-corrected chi connectivity index (χ2v) is 3.69. The number of nitrogens with zero attached hydrogens (tertiary/aromatic N) is 1. The molecule has 0 spiro atoms. The molecule has 2 N–H and O–H groups in total. The average Bonchev–Trinajstić information content (AvgIpc) is 2.20. The van der Waals surface area contributed by atoms with Crippen molar-refractivity contribution in [3.63, 3.8) is 0 Å². The summed E-state index contributed by atoms with van der Waals surface area (Å²) in [5.41, 5.74) is 0.183. The zero-order chi connectivity index (χ0) is 11.4. The van der Waals surface area contributed by atoms with Crippen molar-refractivity contribution in [2.24, 2.45) is 0 Å². The number of halogens is 1. The van der Waals surface area contributed by atoms with Crippen LogP contribution in [-0.2, 0) is 0 Å². The molecule has 1 aromatic rings. The fourth-order valence-electron chi connectivity index (χ4n) is 1.000. The molecule has 0 bridgehead atoms. The first-order valence-corrected chi connectivity index (χ1v) is 5.10. The average molecular weight is 229 g/mol. The number of pyridine rings is 1. The van der Waals surface area contributed by atoms with Crippen molar-refractivity contribution in [3.05, 3.63) is 17.3 Å². The van der Waals surface area contributed by atoms with Gasteiger partial charge in [-0.3, -0.25) is 0 Å². The fourth-order valence-corrected chi connectivity index (χ4v) is 1.17. The van der Waals surface area contributed by atoms with E-state index in [2.05, 4.69) is 4.98 Å². The first-order valence-electron chi connectivity index (χ1n) is 4.72. The van der Waals surface area contributed by atoms with Crippen LogP contribution < -0.4 is 10.2 Å². The van der Waals surface area contributed by atoms with Gasteiger partial charge in [-0.1, -0.05) is 18.5 Å². The molecule has 0 aliphatic carbocycles. The second-order valence-electron chi connectivity index (χ2n) is 3.26. The molecule has 0 amide bonds. The highest BCUT2D eigenvalue weighted by molar-refractivity contribution is 6.60. The quantitative estimate of drug-likeness (QED) is 0.742. The monoisotopic (exact) mass is 229 g/mol. The first-order chi connectivity index (χ1) is 7.04. The molecule has 0 aliphatic heterocycles. The Morgan fingerprint density at radius 1 is 1.60 bits per heavy atom. The van der Waals surface area contributed by atoms with Gasteiger partial charge in [0.2, 0.25) is 5.88 Å². The number of hydrogen-bond acceptors (Lipinski definition) is 4. The van der Waals surface area contributed by atoms with Gasteiger partial charge in [-0.05, 0) is 19.4 Å². The molecule has 15 heavy (non-hydrogen) atoms. The second kappa shape index (κ2) is 5.35. The normalized spacial score (nSPS) is 12.3. The maximum atomic E-state index is 9.09. The van der Waals surface area contributed by atoms with Crippen molar-refractivity contribution in [1.29, 1.82) is 0 Å². The van der Waals surface area contributed by atoms with E-state index in [1.807, 2.05) is 13.8 Å². The molecule has 0 aromatic carbocycles. The maximum Gasteiger partial charge on any atom is 0.494 e. The molecule has 1 rings (SSSR count). The van der Waals surface area contributed by atoms with Crippen LogP contribution in [0, 0.1) is 0 Å². The Balaban J connectivity index is 2.95. The van der Waals surface area contributed by atoms with Crippen LogP contribution in [0.4, 0.5) is 0 Å². The molecule has 0 fully saturated rings. The lowest BCUT2D eigenvalue weighted by molar-refractivity contribution is 0.210. The first kappa shape index (κ1) is 12.3. The molecular formula is C9H13BClNO3. The van der Waals surface area contributed by atoms with E-state index in [0.29, 0.717) is 5.02 Å². The summed E-state index contributed by atoms with van der Waals surface area (Å²) in [4.78, 5) is 3.91. The molecule has 0 radical (unpaired) electrons. The summed E-state index contributed by atoms with van der Waals surface area (Å²) >= 11 is 5.69. The van der Waals surface area contributed by atoms with E-state index in [1.54, 1.807) is 0 Å². The van der Waals surface area contributed by atoms with E-state index in [0.717, 1.165) is 6.42 Å². The van der Waals surface area contributed by atoms with Gasteiger partial charge in [0.15, 0.2) is 0 Å². The largest absolute Gasteiger partial charge is 0.494 e. The van der Waals surface area contributed by atoms with Crippen LogP contribution in [0.25, 0.3) is 0 Å². The summed E-state index contributed by atoms with van der Waals surface area (Å²) in [6, 6.07) is 1.43. The smallest absolute Gasteiger partial charge is 0.475 e. The van der Waals surface area contributed by atoms with Gasteiger partial charge in [-0.15, -0.1) is 0 Å². The van der Waals surface area contributed by atoms with E-state index in [-0.39, 0.29) is 17.4 Å².